The number of nitrogens with one attached hydrogen (secondary N) is 1. The van der Waals surface area contributed by atoms with E-state index in [0.29, 0.717) is 11.4 Å². The number of hydrogen-bond acceptors (Lipinski definition) is 5. The SMILES string of the molecule is Cc1ccc(-n2nnc(C(=O)Nc3ccc(SC#N)cc3)c2C)cc1C. The largest absolute Gasteiger partial charge is 0.321 e. The number of rotatable bonds is 4. The van der Waals surface area contributed by atoms with Crippen molar-refractivity contribution in [3.8, 4) is 11.1 Å². The summed E-state index contributed by atoms with van der Waals surface area (Å²) in [5, 5.41) is 21.7. The van der Waals surface area contributed by atoms with E-state index in [2.05, 4.69) is 15.6 Å². The smallest absolute Gasteiger partial charge is 0.278 e. The molecule has 0 fully saturated rings. The van der Waals surface area contributed by atoms with Gasteiger partial charge in [0.1, 0.15) is 5.40 Å². The summed E-state index contributed by atoms with van der Waals surface area (Å²) in [6.45, 7) is 5.90. The average molecular weight is 363 g/mol. The third kappa shape index (κ3) is 3.60. The van der Waals surface area contributed by atoms with Gasteiger partial charge in [-0.15, -0.1) is 5.10 Å². The predicted molar refractivity (Wildman–Crippen MR) is 101 cm³/mol. The zero-order valence-corrected chi connectivity index (χ0v) is 15.5. The number of thioether (sulfide) groups is 1. The highest BCUT2D eigenvalue weighted by molar-refractivity contribution is 8.03. The predicted octanol–water partition coefficient (Wildman–Crippen LogP) is 4.02. The second-order valence-electron chi connectivity index (χ2n) is 5.88. The Labute approximate surface area is 155 Å². The molecule has 130 valence electrons. The van der Waals surface area contributed by atoms with Crippen LogP contribution in [0.5, 0.6) is 0 Å². The molecule has 3 aromatic rings. The van der Waals surface area contributed by atoms with Gasteiger partial charge in [-0.1, -0.05) is 11.3 Å². The van der Waals surface area contributed by atoms with Crippen molar-refractivity contribution in [2.24, 2.45) is 0 Å². The Morgan fingerprint density at radius 1 is 1.12 bits per heavy atom. The van der Waals surface area contributed by atoms with Crippen LogP contribution in [0.4, 0.5) is 5.69 Å². The number of carbonyl (C=O) groups is 1. The molecule has 2 aromatic carbocycles. The maximum Gasteiger partial charge on any atom is 0.278 e. The Hall–Kier alpha value is -3.11. The number of nitrogens with zero attached hydrogens (tertiary/aromatic N) is 4. The molecule has 0 spiro atoms. The molecule has 26 heavy (non-hydrogen) atoms. The zero-order chi connectivity index (χ0) is 18.7. The molecule has 0 unspecified atom stereocenters. The van der Waals surface area contributed by atoms with E-state index in [-0.39, 0.29) is 11.6 Å². The molecule has 0 saturated carbocycles. The molecule has 0 saturated heterocycles. The summed E-state index contributed by atoms with van der Waals surface area (Å²) >= 11 is 1.07. The Bertz CT molecular complexity index is 1000. The summed E-state index contributed by atoms with van der Waals surface area (Å²) in [4.78, 5) is 13.3. The summed E-state index contributed by atoms with van der Waals surface area (Å²) in [5.74, 6) is -0.321. The van der Waals surface area contributed by atoms with E-state index < -0.39 is 0 Å². The summed E-state index contributed by atoms with van der Waals surface area (Å²) in [7, 11) is 0. The monoisotopic (exact) mass is 363 g/mol. The molecule has 3 rings (SSSR count). The lowest BCUT2D eigenvalue weighted by molar-refractivity contribution is 0.102. The van der Waals surface area contributed by atoms with Gasteiger partial charge in [-0.05, 0) is 80.1 Å². The summed E-state index contributed by atoms with van der Waals surface area (Å²) < 4.78 is 1.66. The maximum absolute atomic E-state index is 12.5. The second kappa shape index (κ2) is 7.42. The van der Waals surface area contributed by atoms with E-state index in [4.69, 9.17) is 5.26 Å². The van der Waals surface area contributed by atoms with Crippen LogP contribution in [-0.2, 0) is 0 Å². The van der Waals surface area contributed by atoms with Crippen LogP contribution in [0.3, 0.4) is 0 Å². The average Bonchev–Trinajstić information content (AvgIpc) is 3.01. The molecule has 0 radical (unpaired) electrons. The van der Waals surface area contributed by atoms with Crippen molar-refractivity contribution >= 4 is 23.4 Å². The van der Waals surface area contributed by atoms with Crippen molar-refractivity contribution in [1.29, 1.82) is 5.26 Å². The van der Waals surface area contributed by atoms with Crippen LogP contribution < -0.4 is 5.32 Å². The Balaban J connectivity index is 1.81. The number of hydrogen-bond donors (Lipinski definition) is 1. The van der Waals surface area contributed by atoms with Gasteiger partial charge in [0.15, 0.2) is 5.69 Å². The van der Waals surface area contributed by atoms with Crippen molar-refractivity contribution < 1.29 is 4.79 Å². The van der Waals surface area contributed by atoms with Gasteiger partial charge in [-0.2, -0.15) is 5.26 Å². The number of nitriles is 1. The van der Waals surface area contributed by atoms with Crippen LogP contribution >= 0.6 is 11.8 Å². The third-order valence-corrected chi connectivity index (χ3v) is 4.72. The first-order valence-electron chi connectivity index (χ1n) is 7.97. The molecule has 1 heterocycles. The number of carbonyl (C=O) groups excluding carboxylic acids is 1. The molecule has 1 amide bonds. The molecule has 1 N–H and O–H groups in total. The van der Waals surface area contributed by atoms with Crippen molar-refractivity contribution in [2.45, 2.75) is 25.7 Å². The minimum atomic E-state index is -0.321. The van der Waals surface area contributed by atoms with E-state index in [1.54, 1.807) is 28.9 Å². The number of aromatic nitrogens is 3. The van der Waals surface area contributed by atoms with Gasteiger partial charge in [0.25, 0.3) is 5.91 Å². The first-order chi connectivity index (χ1) is 12.5. The summed E-state index contributed by atoms with van der Waals surface area (Å²) in [6, 6.07) is 13.1. The topological polar surface area (TPSA) is 83.6 Å². The van der Waals surface area contributed by atoms with Gasteiger partial charge in [-0.3, -0.25) is 4.79 Å². The Morgan fingerprint density at radius 2 is 1.85 bits per heavy atom. The van der Waals surface area contributed by atoms with Gasteiger partial charge in [0, 0.05) is 10.6 Å². The van der Waals surface area contributed by atoms with Crippen molar-refractivity contribution in [3.05, 3.63) is 65.0 Å². The molecular weight excluding hydrogens is 346 g/mol. The first kappa shape index (κ1) is 17.7. The molecule has 0 aliphatic heterocycles. The van der Waals surface area contributed by atoms with Crippen molar-refractivity contribution in [3.63, 3.8) is 0 Å². The lowest BCUT2D eigenvalue weighted by Gasteiger charge is -2.07. The number of anilines is 1. The van der Waals surface area contributed by atoms with Gasteiger partial charge in [-0.25, -0.2) is 4.68 Å². The van der Waals surface area contributed by atoms with Crippen LogP contribution in [0.25, 0.3) is 5.69 Å². The highest BCUT2D eigenvalue weighted by atomic mass is 32.2. The van der Waals surface area contributed by atoms with Gasteiger partial charge < -0.3 is 5.32 Å². The van der Waals surface area contributed by atoms with E-state index >= 15 is 0 Å². The minimum absolute atomic E-state index is 0.277. The summed E-state index contributed by atoms with van der Waals surface area (Å²) in [5.41, 5.74) is 4.80. The number of thiocyanates is 1. The van der Waals surface area contributed by atoms with Crippen molar-refractivity contribution in [1.82, 2.24) is 15.0 Å². The molecule has 0 aliphatic carbocycles. The highest BCUT2D eigenvalue weighted by Gasteiger charge is 2.17. The summed E-state index contributed by atoms with van der Waals surface area (Å²) in [6.07, 6.45) is 0. The minimum Gasteiger partial charge on any atom is -0.321 e. The molecule has 0 bridgehead atoms. The molecule has 1 aromatic heterocycles. The lowest BCUT2D eigenvalue weighted by Crippen LogP contribution is -2.14. The number of aryl methyl sites for hydroxylation is 2. The fourth-order valence-corrected chi connectivity index (χ4v) is 2.87. The van der Waals surface area contributed by atoms with E-state index in [0.717, 1.165) is 27.9 Å². The third-order valence-electron chi connectivity index (χ3n) is 4.12. The van der Waals surface area contributed by atoms with E-state index in [1.165, 1.54) is 5.56 Å². The zero-order valence-electron chi connectivity index (χ0n) is 14.6. The normalized spacial score (nSPS) is 10.4. The molecule has 7 heteroatoms. The Kier molecular flexibility index (Phi) is 5.05. The van der Waals surface area contributed by atoms with Crippen LogP contribution in [-0.4, -0.2) is 20.9 Å². The standard InChI is InChI=1S/C19H17N5OS/c1-12-4-7-16(10-13(12)2)24-14(3)18(22-23-24)19(25)21-15-5-8-17(9-6-15)26-11-20/h4-10H,1-3H3,(H,21,25). The molecular formula is C19H17N5OS. The number of amides is 1. The fourth-order valence-electron chi connectivity index (χ4n) is 2.49. The Morgan fingerprint density at radius 3 is 2.50 bits per heavy atom. The van der Waals surface area contributed by atoms with Gasteiger partial charge in [0.05, 0.1) is 11.4 Å². The molecule has 0 aliphatic rings. The van der Waals surface area contributed by atoms with Crippen LogP contribution in [0.1, 0.15) is 27.3 Å². The van der Waals surface area contributed by atoms with Gasteiger partial charge >= 0.3 is 0 Å². The molecule has 0 atom stereocenters. The number of benzene rings is 2. The highest BCUT2D eigenvalue weighted by Crippen LogP contribution is 2.20. The van der Waals surface area contributed by atoms with Crippen LogP contribution in [0.15, 0.2) is 47.4 Å². The van der Waals surface area contributed by atoms with Crippen LogP contribution in [0, 0.1) is 31.4 Å². The lowest BCUT2D eigenvalue weighted by atomic mass is 10.1. The van der Waals surface area contributed by atoms with Crippen molar-refractivity contribution in [2.75, 3.05) is 5.32 Å². The van der Waals surface area contributed by atoms with Gasteiger partial charge in [0.2, 0.25) is 0 Å². The maximum atomic E-state index is 12.5. The first-order valence-corrected chi connectivity index (χ1v) is 8.78. The van der Waals surface area contributed by atoms with Crippen LogP contribution in [0.2, 0.25) is 0 Å². The molecule has 6 nitrogen and oxygen atoms in total. The quantitative estimate of drug-likeness (QED) is 0.559. The fraction of sp³-hybridized carbons (Fsp3) is 0.158. The second-order valence-corrected chi connectivity index (χ2v) is 6.73. The van der Waals surface area contributed by atoms with E-state index in [9.17, 15) is 4.79 Å². The van der Waals surface area contributed by atoms with E-state index in [1.807, 2.05) is 44.4 Å².